The van der Waals surface area contributed by atoms with Crippen molar-refractivity contribution < 1.29 is 22.9 Å². The van der Waals surface area contributed by atoms with E-state index in [2.05, 4.69) is 21.4 Å². The van der Waals surface area contributed by atoms with Crippen molar-refractivity contribution in [3.8, 4) is 0 Å². The van der Waals surface area contributed by atoms with Crippen molar-refractivity contribution in [3.05, 3.63) is 116 Å². The number of anilines is 3. The molecule has 2 N–H and O–H groups in total. The Labute approximate surface area is 244 Å². The Hall–Kier alpha value is -4.39. The van der Waals surface area contributed by atoms with E-state index in [0.29, 0.717) is 21.6 Å². The van der Waals surface area contributed by atoms with Crippen LogP contribution < -0.4 is 14.9 Å². The number of hydrogen-bond acceptors (Lipinski definition) is 7. The van der Waals surface area contributed by atoms with Gasteiger partial charge in [-0.25, -0.2) is 23.6 Å². The first-order valence-corrected chi connectivity index (χ1v) is 15.6. The molecule has 1 aliphatic heterocycles. The fourth-order valence-corrected chi connectivity index (χ4v) is 6.58. The van der Waals surface area contributed by atoms with Crippen LogP contribution in [0.4, 0.5) is 22.7 Å². The smallest absolute Gasteiger partial charge is 0.293 e. The zero-order valence-electron chi connectivity index (χ0n) is 21.4. The summed E-state index contributed by atoms with van der Waals surface area (Å²) in [5, 5.41) is 22.1. The lowest BCUT2D eigenvalue weighted by atomic mass is 10.2. The maximum absolute atomic E-state index is 13.3. The Balaban J connectivity index is 1.46. The quantitative estimate of drug-likeness (QED) is 0.0783. The lowest BCUT2D eigenvalue weighted by molar-refractivity contribution is -0.384. The van der Waals surface area contributed by atoms with E-state index in [9.17, 15) is 28.1 Å². The molecule has 1 heterocycles. The van der Waals surface area contributed by atoms with Crippen LogP contribution in [0.1, 0.15) is 5.56 Å². The number of rotatable bonds is 12. The van der Waals surface area contributed by atoms with E-state index < -0.39 is 42.3 Å². The average molecular weight is 613 g/mol. The van der Waals surface area contributed by atoms with Crippen molar-refractivity contribution in [1.82, 2.24) is 0 Å². The van der Waals surface area contributed by atoms with Gasteiger partial charge >= 0.3 is 0 Å². The predicted octanol–water partition coefficient (Wildman–Crippen LogP) is 5.71. The molecule has 0 aliphatic carbocycles. The number of thiol groups is 1. The third kappa shape index (κ3) is 7.63. The fraction of sp³-hybridized carbons (Fsp3) is 0.0714. The molecule has 41 heavy (non-hydrogen) atoms. The molecule has 10 nitrogen and oxygen atoms in total. The van der Waals surface area contributed by atoms with Crippen molar-refractivity contribution in [2.75, 3.05) is 27.2 Å². The minimum Gasteiger partial charge on any atom is -0.379 e. The molecule has 0 atom stereocenters. The van der Waals surface area contributed by atoms with E-state index in [1.54, 1.807) is 30.3 Å². The number of benzene rings is 3. The summed E-state index contributed by atoms with van der Waals surface area (Å²) in [4.78, 5) is 34.8. The van der Waals surface area contributed by atoms with Gasteiger partial charge in [-0.2, -0.15) is 0 Å². The van der Waals surface area contributed by atoms with Crippen molar-refractivity contribution >= 4 is 73.7 Å². The first-order chi connectivity index (χ1) is 19.7. The third-order valence-corrected chi connectivity index (χ3v) is 9.62. The van der Waals surface area contributed by atoms with Gasteiger partial charge in [-0.05, 0) is 76.7 Å². The van der Waals surface area contributed by atoms with Crippen molar-refractivity contribution in [1.29, 1.82) is 0 Å². The lowest BCUT2D eigenvalue weighted by Crippen LogP contribution is -2.29. The van der Waals surface area contributed by atoms with Gasteiger partial charge in [0, 0.05) is 29.4 Å². The monoisotopic (exact) mass is 612 g/mol. The Morgan fingerprint density at radius 2 is 1.71 bits per heavy atom. The van der Waals surface area contributed by atoms with Crippen LogP contribution in [0.2, 0.25) is 5.02 Å². The number of halogens is 1. The molecule has 0 radical (unpaired) electrons. The van der Waals surface area contributed by atoms with Gasteiger partial charge in [0.25, 0.3) is 15.7 Å². The predicted molar refractivity (Wildman–Crippen MR) is 165 cm³/mol. The van der Waals surface area contributed by atoms with Crippen molar-refractivity contribution in [2.24, 2.45) is 0 Å². The molecule has 3 aromatic carbocycles. The minimum atomic E-state index is -4.48. The van der Waals surface area contributed by atoms with Gasteiger partial charge < -0.3 is 10.6 Å². The van der Waals surface area contributed by atoms with Crippen LogP contribution in [-0.2, 0) is 19.6 Å². The van der Waals surface area contributed by atoms with Gasteiger partial charge in [-0.1, -0.05) is 35.9 Å². The van der Waals surface area contributed by atoms with E-state index in [4.69, 9.17) is 11.6 Å². The van der Waals surface area contributed by atoms with Gasteiger partial charge in [0.2, 0.25) is 12.3 Å². The standard InChI is InChI=1S/C28H25ClN4O6S2/c29-22-6-3-21(4-7-22)5-14-28(35)31-23-8-10-24(11-9-23)32(20-34)41(38,39)25-12-13-26(27(19-25)33(36)37)30-15-18-40-16-1-2-17-40/h1-14,16-17,19-20,30,40H,15,18H2,(H,31,35). The zero-order chi connectivity index (χ0) is 29.4. The number of carbonyl (C=O) groups is 2. The molecule has 2 amide bonds. The summed E-state index contributed by atoms with van der Waals surface area (Å²) in [6.07, 6.45) is 6.96. The molecule has 0 spiro atoms. The van der Waals surface area contributed by atoms with E-state index in [1.165, 1.54) is 42.5 Å². The van der Waals surface area contributed by atoms with E-state index in [0.717, 1.165) is 17.4 Å². The number of sulfonamides is 1. The van der Waals surface area contributed by atoms with Gasteiger partial charge in [0.05, 0.1) is 15.5 Å². The third-order valence-electron chi connectivity index (χ3n) is 5.86. The molecule has 0 aromatic heterocycles. The van der Waals surface area contributed by atoms with Crippen LogP contribution in [0, 0.1) is 10.1 Å². The first kappa shape index (κ1) is 29.6. The van der Waals surface area contributed by atoms with Crippen molar-refractivity contribution in [3.63, 3.8) is 0 Å². The molecule has 0 saturated carbocycles. The summed E-state index contributed by atoms with van der Waals surface area (Å²) in [6, 6.07) is 15.9. The van der Waals surface area contributed by atoms with Gasteiger partial charge in [0.1, 0.15) is 5.69 Å². The van der Waals surface area contributed by atoms with Crippen LogP contribution in [-0.4, -0.2) is 38.0 Å². The molecule has 0 fully saturated rings. The van der Waals surface area contributed by atoms with Crippen LogP contribution in [0.5, 0.6) is 0 Å². The van der Waals surface area contributed by atoms with E-state index in [1.807, 2.05) is 12.2 Å². The number of nitrogens with zero attached hydrogens (tertiary/aromatic N) is 2. The molecule has 1 aliphatic rings. The largest absolute Gasteiger partial charge is 0.379 e. The topological polar surface area (TPSA) is 139 Å². The maximum atomic E-state index is 13.3. The summed E-state index contributed by atoms with van der Waals surface area (Å²) in [7, 11) is -4.89. The Morgan fingerprint density at radius 3 is 2.34 bits per heavy atom. The van der Waals surface area contributed by atoms with Crippen LogP contribution >= 0.6 is 22.5 Å². The van der Waals surface area contributed by atoms with Crippen molar-refractivity contribution in [2.45, 2.75) is 4.90 Å². The van der Waals surface area contributed by atoms with Gasteiger partial charge in [0.15, 0.2) is 0 Å². The second-order valence-corrected chi connectivity index (χ2v) is 12.9. The normalized spacial score (nSPS) is 13.3. The summed E-state index contributed by atoms with van der Waals surface area (Å²) < 4.78 is 27.1. The number of amides is 2. The van der Waals surface area contributed by atoms with Crippen LogP contribution in [0.3, 0.4) is 0 Å². The highest BCUT2D eigenvalue weighted by Crippen LogP contribution is 2.34. The molecule has 3 aromatic rings. The highest BCUT2D eigenvalue weighted by atomic mass is 35.5. The van der Waals surface area contributed by atoms with Crippen LogP contribution in [0.25, 0.3) is 6.08 Å². The number of carbonyl (C=O) groups excluding carboxylic acids is 2. The molecule has 0 unspecified atom stereocenters. The van der Waals surface area contributed by atoms with E-state index >= 15 is 0 Å². The maximum Gasteiger partial charge on any atom is 0.293 e. The Bertz CT molecular complexity index is 1630. The molecule has 0 saturated heterocycles. The summed E-state index contributed by atoms with van der Waals surface area (Å²) >= 11 is 5.85. The SMILES string of the molecule is O=CN(c1ccc(NC(=O)C=Cc2ccc(Cl)cc2)cc1)S(=O)(=O)c1ccc(NCC[SH]2C=CC=C2)c([N+](=O)[O-])c1. The second-order valence-electron chi connectivity index (χ2n) is 8.61. The number of hydrogen-bond donors (Lipinski definition) is 3. The highest BCUT2D eigenvalue weighted by Gasteiger charge is 2.28. The molecular formula is C28H25ClN4O6S2. The van der Waals surface area contributed by atoms with Crippen LogP contribution in [0.15, 0.2) is 101 Å². The summed E-state index contributed by atoms with van der Waals surface area (Å²) in [5.41, 5.74) is 0.875. The Morgan fingerprint density at radius 1 is 1.02 bits per heavy atom. The number of nitro groups is 1. The summed E-state index contributed by atoms with van der Waals surface area (Å²) in [6.45, 7) is 0.466. The fourth-order valence-electron chi connectivity index (χ4n) is 3.80. The molecule has 0 bridgehead atoms. The van der Waals surface area contributed by atoms with E-state index in [-0.39, 0.29) is 17.8 Å². The number of nitro benzene ring substituents is 1. The number of allylic oxidation sites excluding steroid dienone is 2. The summed E-state index contributed by atoms with van der Waals surface area (Å²) in [5.74, 6) is 0.346. The molecule has 13 heteroatoms. The lowest BCUT2D eigenvalue weighted by Gasteiger charge is -2.18. The van der Waals surface area contributed by atoms with Gasteiger partial charge in [-0.15, -0.1) is 0 Å². The Kier molecular flexibility index (Phi) is 9.61. The number of nitrogens with one attached hydrogen (secondary N) is 2. The average Bonchev–Trinajstić information content (AvgIpc) is 3.47. The highest BCUT2D eigenvalue weighted by molar-refractivity contribution is 8.22. The van der Waals surface area contributed by atoms with Gasteiger partial charge in [-0.3, -0.25) is 19.7 Å². The molecule has 212 valence electrons. The first-order valence-electron chi connectivity index (χ1n) is 12.1. The minimum absolute atomic E-state index is 0.0143. The molecular weight excluding hydrogens is 588 g/mol. The second kappa shape index (κ2) is 13.3. The molecule has 4 rings (SSSR count). The zero-order valence-corrected chi connectivity index (χ0v) is 23.9.